The Kier molecular flexibility index (Phi) is 5.59. The van der Waals surface area contributed by atoms with E-state index in [1.165, 1.54) is 6.08 Å². The van der Waals surface area contributed by atoms with Crippen molar-refractivity contribution < 1.29 is 9.53 Å². The van der Waals surface area contributed by atoms with E-state index in [-0.39, 0.29) is 17.5 Å². The number of carbonyl (C=O) groups is 1. The first-order valence-electron chi connectivity index (χ1n) is 8.90. The third kappa shape index (κ3) is 4.02. The summed E-state index contributed by atoms with van der Waals surface area (Å²) in [5.74, 6) is 0.444. The number of aromatic amines is 1. The van der Waals surface area contributed by atoms with Gasteiger partial charge in [-0.25, -0.2) is 4.98 Å². The van der Waals surface area contributed by atoms with E-state index < -0.39 is 0 Å². The smallest absolute Gasteiger partial charge is 0.271 e. The van der Waals surface area contributed by atoms with Crippen LogP contribution in [0.4, 0.5) is 5.69 Å². The molecule has 3 rings (SSSR count). The largest absolute Gasteiger partial charge is 0.481 e. The van der Waals surface area contributed by atoms with Gasteiger partial charge in [0.05, 0.1) is 7.11 Å². The standard InChI is InChI=1S/C20H24N4O3/c1-4-19(25)24-9-5-6-16(13-24)23(2)17-10-15(12-22-20(17)26)14-7-8-21-18(11-14)27-3/h4,7-8,10-12,16H,1,5-6,9,13H2,2-3H3,(H,22,26)/t16-/m1/s1. The van der Waals surface area contributed by atoms with Crippen LogP contribution in [0.25, 0.3) is 11.1 Å². The number of piperidine rings is 1. The number of methoxy groups -OCH3 is 1. The highest BCUT2D eigenvalue weighted by molar-refractivity contribution is 5.87. The number of rotatable bonds is 5. The minimum absolute atomic E-state index is 0.0698. The van der Waals surface area contributed by atoms with E-state index in [0.29, 0.717) is 18.1 Å². The minimum atomic E-state index is -0.158. The molecule has 7 heteroatoms. The summed E-state index contributed by atoms with van der Waals surface area (Å²) < 4.78 is 5.18. The molecule has 27 heavy (non-hydrogen) atoms. The van der Waals surface area contributed by atoms with E-state index in [9.17, 15) is 9.59 Å². The van der Waals surface area contributed by atoms with Crippen molar-refractivity contribution in [1.29, 1.82) is 0 Å². The summed E-state index contributed by atoms with van der Waals surface area (Å²) in [7, 11) is 3.46. The second kappa shape index (κ2) is 8.07. The molecule has 0 aliphatic carbocycles. The maximum atomic E-state index is 12.5. The number of anilines is 1. The Bertz CT molecular complexity index is 893. The quantitative estimate of drug-likeness (QED) is 0.818. The third-order valence-corrected chi connectivity index (χ3v) is 4.97. The fourth-order valence-corrected chi connectivity index (χ4v) is 3.40. The monoisotopic (exact) mass is 368 g/mol. The lowest BCUT2D eigenvalue weighted by atomic mass is 10.0. The third-order valence-electron chi connectivity index (χ3n) is 4.97. The van der Waals surface area contributed by atoms with Crippen molar-refractivity contribution in [2.24, 2.45) is 0 Å². The number of H-pyrrole nitrogens is 1. The van der Waals surface area contributed by atoms with E-state index in [4.69, 9.17) is 4.74 Å². The number of likely N-dealkylation sites (tertiary alicyclic amines) is 1. The van der Waals surface area contributed by atoms with Crippen molar-refractivity contribution in [3.05, 3.63) is 53.6 Å². The summed E-state index contributed by atoms with van der Waals surface area (Å²) in [6.45, 7) is 4.86. The van der Waals surface area contributed by atoms with Crippen LogP contribution in [0.2, 0.25) is 0 Å². The van der Waals surface area contributed by atoms with E-state index >= 15 is 0 Å². The van der Waals surface area contributed by atoms with Crippen LogP contribution in [-0.2, 0) is 4.79 Å². The first-order chi connectivity index (χ1) is 13.0. The van der Waals surface area contributed by atoms with Gasteiger partial charge >= 0.3 is 0 Å². The van der Waals surface area contributed by atoms with E-state index in [0.717, 1.165) is 30.5 Å². The van der Waals surface area contributed by atoms with Gasteiger partial charge in [0, 0.05) is 50.2 Å². The lowest BCUT2D eigenvalue weighted by molar-refractivity contribution is -0.127. The number of hydrogen-bond donors (Lipinski definition) is 1. The zero-order valence-electron chi connectivity index (χ0n) is 15.6. The molecule has 1 saturated heterocycles. The molecule has 0 bridgehead atoms. The molecular formula is C20H24N4O3. The van der Waals surface area contributed by atoms with Crippen LogP contribution in [0.5, 0.6) is 5.88 Å². The van der Waals surface area contributed by atoms with Gasteiger partial charge in [-0.05, 0) is 36.6 Å². The predicted octanol–water partition coefficient (Wildman–Crippen LogP) is 2.06. The van der Waals surface area contributed by atoms with E-state index in [2.05, 4.69) is 16.5 Å². The normalized spacial score (nSPS) is 16.7. The fourth-order valence-electron chi connectivity index (χ4n) is 3.40. The summed E-state index contributed by atoms with van der Waals surface area (Å²) in [5.41, 5.74) is 2.18. The zero-order chi connectivity index (χ0) is 19.4. The highest BCUT2D eigenvalue weighted by atomic mass is 16.5. The molecule has 0 radical (unpaired) electrons. The summed E-state index contributed by atoms with van der Waals surface area (Å²) >= 11 is 0. The van der Waals surface area contributed by atoms with Crippen molar-refractivity contribution in [3.63, 3.8) is 0 Å². The topological polar surface area (TPSA) is 78.5 Å². The van der Waals surface area contributed by atoms with Crippen LogP contribution in [0, 0.1) is 0 Å². The zero-order valence-corrected chi connectivity index (χ0v) is 15.6. The predicted molar refractivity (Wildman–Crippen MR) is 105 cm³/mol. The van der Waals surface area contributed by atoms with Crippen molar-refractivity contribution in [1.82, 2.24) is 14.9 Å². The number of aromatic nitrogens is 2. The number of hydrogen-bond acceptors (Lipinski definition) is 5. The molecule has 3 heterocycles. The van der Waals surface area contributed by atoms with Gasteiger partial charge < -0.3 is 19.5 Å². The molecule has 1 amide bonds. The van der Waals surface area contributed by atoms with Crippen LogP contribution in [0.15, 0.2) is 48.0 Å². The van der Waals surface area contributed by atoms with E-state index in [1.54, 1.807) is 24.4 Å². The lowest BCUT2D eigenvalue weighted by Crippen LogP contribution is -2.49. The maximum absolute atomic E-state index is 12.5. The molecule has 1 fully saturated rings. The Morgan fingerprint density at radius 3 is 3.00 bits per heavy atom. The molecule has 1 aliphatic rings. The van der Waals surface area contributed by atoms with Gasteiger partial charge in [-0.2, -0.15) is 0 Å². The molecule has 0 aromatic carbocycles. The number of nitrogens with one attached hydrogen (secondary N) is 1. The van der Waals surface area contributed by atoms with Crippen LogP contribution in [-0.4, -0.2) is 54.1 Å². The SMILES string of the molecule is C=CC(=O)N1CCC[C@@H](N(C)c2cc(-c3ccnc(OC)c3)c[nH]c2=O)C1. The second-order valence-corrected chi connectivity index (χ2v) is 6.58. The summed E-state index contributed by atoms with van der Waals surface area (Å²) in [4.78, 5) is 35.1. The van der Waals surface area contributed by atoms with Gasteiger partial charge in [0.1, 0.15) is 5.69 Å². The molecule has 1 N–H and O–H groups in total. The van der Waals surface area contributed by atoms with Crippen molar-refractivity contribution >= 4 is 11.6 Å². The Hall–Kier alpha value is -3.09. The fraction of sp³-hybridized carbons (Fsp3) is 0.350. The van der Waals surface area contributed by atoms with Crippen LogP contribution >= 0.6 is 0 Å². The Morgan fingerprint density at radius 1 is 1.44 bits per heavy atom. The average Bonchev–Trinajstić information content (AvgIpc) is 2.73. The molecule has 2 aromatic heterocycles. The molecule has 1 aliphatic heterocycles. The first-order valence-corrected chi connectivity index (χ1v) is 8.90. The molecule has 142 valence electrons. The highest BCUT2D eigenvalue weighted by Gasteiger charge is 2.26. The summed E-state index contributed by atoms with van der Waals surface area (Å²) in [6.07, 6.45) is 6.51. The number of amides is 1. The molecule has 0 spiro atoms. The van der Waals surface area contributed by atoms with E-state index in [1.807, 2.05) is 30.1 Å². The van der Waals surface area contributed by atoms with Gasteiger partial charge in [-0.15, -0.1) is 0 Å². The van der Waals surface area contributed by atoms with Crippen LogP contribution in [0.3, 0.4) is 0 Å². The first kappa shape index (κ1) is 18.7. The minimum Gasteiger partial charge on any atom is -0.481 e. The Balaban J connectivity index is 1.88. The lowest BCUT2D eigenvalue weighted by Gasteiger charge is -2.38. The Labute approximate surface area is 158 Å². The van der Waals surface area contributed by atoms with Crippen molar-refractivity contribution in [2.45, 2.75) is 18.9 Å². The molecule has 0 saturated carbocycles. The number of nitrogens with zero attached hydrogens (tertiary/aromatic N) is 3. The van der Waals surface area contributed by atoms with Gasteiger partial charge in [-0.1, -0.05) is 6.58 Å². The number of pyridine rings is 2. The molecule has 1 atom stereocenters. The maximum Gasteiger partial charge on any atom is 0.271 e. The number of likely N-dealkylation sites (N-methyl/N-ethyl adjacent to an activating group) is 1. The second-order valence-electron chi connectivity index (χ2n) is 6.58. The van der Waals surface area contributed by atoms with Gasteiger partial charge in [0.25, 0.3) is 5.56 Å². The molecule has 0 unspecified atom stereocenters. The van der Waals surface area contributed by atoms with Gasteiger partial charge in [0.15, 0.2) is 0 Å². The van der Waals surface area contributed by atoms with Crippen LogP contribution in [0.1, 0.15) is 12.8 Å². The average molecular weight is 368 g/mol. The van der Waals surface area contributed by atoms with Crippen molar-refractivity contribution in [2.75, 3.05) is 32.1 Å². The molecule has 7 nitrogen and oxygen atoms in total. The van der Waals surface area contributed by atoms with Crippen LogP contribution < -0.4 is 15.2 Å². The highest BCUT2D eigenvalue weighted by Crippen LogP contribution is 2.25. The number of carbonyl (C=O) groups excluding carboxylic acids is 1. The van der Waals surface area contributed by atoms with Crippen molar-refractivity contribution in [3.8, 4) is 17.0 Å². The molecular weight excluding hydrogens is 344 g/mol. The summed E-state index contributed by atoms with van der Waals surface area (Å²) in [6, 6.07) is 5.63. The number of ether oxygens (including phenoxy) is 1. The molecule has 2 aromatic rings. The Morgan fingerprint density at radius 2 is 2.26 bits per heavy atom. The van der Waals surface area contributed by atoms with Gasteiger partial charge in [-0.3, -0.25) is 9.59 Å². The summed E-state index contributed by atoms with van der Waals surface area (Å²) in [5, 5.41) is 0. The van der Waals surface area contributed by atoms with Gasteiger partial charge in [0.2, 0.25) is 11.8 Å².